The van der Waals surface area contributed by atoms with Gasteiger partial charge < -0.3 is 25.4 Å². The van der Waals surface area contributed by atoms with Crippen LogP contribution in [0, 0.1) is 3.57 Å². The average Bonchev–Trinajstić information content (AvgIpc) is 3.12. The molecule has 0 saturated heterocycles. The second-order valence-electron chi connectivity index (χ2n) is 10.4. The Morgan fingerprint density at radius 3 is 2.12 bits per heavy atom. The van der Waals surface area contributed by atoms with E-state index in [4.69, 9.17) is 9.47 Å². The van der Waals surface area contributed by atoms with E-state index >= 15 is 0 Å². The fraction of sp³-hybridized carbons (Fsp3) is 0.0789. The maximum atomic E-state index is 13.8. The van der Waals surface area contributed by atoms with Gasteiger partial charge in [0.05, 0.1) is 14.2 Å². The summed E-state index contributed by atoms with van der Waals surface area (Å²) >= 11 is 3.58. The summed E-state index contributed by atoms with van der Waals surface area (Å²) in [6, 6.07) is 38.1. The van der Waals surface area contributed by atoms with E-state index in [2.05, 4.69) is 38.5 Å². The van der Waals surface area contributed by atoms with Crippen molar-refractivity contribution in [2.24, 2.45) is 0 Å². The summed E-state index contributed by atoms with van der Waals surface area (Å²) < 4.78 is 11.9. The number of ether oxygens (including phenoxy) is 2. The SMILES string of the molecule is COc1ccc(/C=C(/NC(=O)c2ccccc2)C(=O)Nc2cccc(SC(C(=O)Nc3ccc(I)cc3)c3ccccc3)c2)c(OC)c1. The number of halogens is 1. The van der Waals surface area contributed by atoms with Crippen LogP contribution in [0.3, 0.4) is 0 Å². The monoisotopic (exact) mass is 769 g/mol. The average molecular weight is 770 g/mol. The molecule has 3 amide bonds. The number of carbonyl (C=O) groups excluding carboxylic acids is 3. The Hall–Kier alpha value is -5.07. The summed E-state index contributed by atoms with van der Waals surface area (Å²) in [5.74, 6) is -0.126. The van der Waals surface area contributed by atoms with Crippen LogP contribution in [0.2, 0.25) is 0 Å². The standard InChI is InChI=1S/C38H32IN3O5S/c1-46-31-21-16-27(34(24-31)47-2)22-33(42-36(43)26-12-7-4-8-13-26)37(44)41-30-14-9-15-32(23-30)48-35(25-10-5-3-6-11-25)38(45)40-29-19-17-28(39)18-20-29/h3-24,35H,1-2H3,(H,40,45)(H,41,44)(H,42,43)/b33-22+. The van der Waals surface area contributed by atoms with E-state index in [0.717, 1.165) is 14.0 Å². The van der Waals surface area contributed by atoms with Crippen LogP contribution in [0.4, 0.5) is 11.4 Å². The van der Waals surface area contributed by atoms with E-state index < -0.39 is 17.1 Å². The minimum Gasteiger partial charge on any atom is -0.497 e. The van der Waals surface area contributed by atoms with Crippen molar-refractivity contribution >= 4 is 69.5 Å². The fourth-order valence-corrected chi connectivity index (χ4v) is 6.10. The highest BCUT2D eigenvalue weighted by Gasteiger charge is 2.23. The predicted octanol–water partition coefficient (Wildman–Crippen LogP) is 8.19. The van der Waals surface area contributed by atoms with Crippen LogP contribution in [-0.4, -0.2) is 31.9 Å². The zero-order chi connectivity index (χ0) is 33.9. The number of thioether (sulfide) groups is 1. The molecule has 48 heavy (non-hydrogen) atoms. The number of methoxy groups -OCH3 is 2. The molecule has 3 N–H and O–H groups in total. The van der Waals surface area contributed by atoms with Gasteiger partial charge in [-0.25, -0.2) is 0 Å². The number of hydrogen-bond acceptors (Lipinski definition) is 6. The van der Waals surface area contributed by atoms with Gasteiger partial charge in [-0.15, -0.1) is 11.8 Å². The van der Waals surface area contributed by atoms with Crippen molar-refractivity contribution in [2.45, 2.75) is 10.1 Å². The van der Waals surface area contributed by atoms with E-state index in [1.54, 1.807) is 73.8 Å². The van der Waals surface area contributed by atoms with E-state index in [-0.39, 0.29) is 11.6 Å². The van der Waals surface area contributed by atoms with Crippen molar-refractivity contribution in [1.29, 1.82) is 0 Å². The lowest BCUT2D eigenvalue weighted by molar-refractivity contribution is -0.116. The molecule has 0 radical (unpaired) electrons. The molecule has 0 heterocycles. The molecule has 8 nitrogen and oxygen atoms in total. The Labute approximate surface area is 297 Å². The maximum Gasteiger partial charge on any atom is 0.272 e. The van der Waals surface area contributed by atoms with Gasteiger partial charge in [0, 0.05) is 37.0 Å². The Morgan fingerprint density at radius 1 is 0.729 bits per heavy atom. The van der Waals surface area contributed by atoms with Crippen LogP contribution >= 0.6 is 34.4 Å². The third-order valence-corrected chi connectivity index (χ3v) is 9.03. The quantitative estimate of drug-likeness (QED) is 0.0672. The summed E-state index contributed by atoms with van der Waals surface area (Å²) in [6.07, 6.45) is 1.55. The maximum absolute atomic E-state index is 13.8. The zero-order valence-corrected chi connectivity index (χ0v) is 29.1. The van der Waals surface area contributed by atoms with Gasteiger partial charge in [0.1, 0.15) is 22.4 Å². The van der Waals surface area contributed by atoms with Gasteiger partial charge in [0.25, 0.3) is 11.8 Å². The molecule has 5 aromatic carbocycles. The summed E-state index contributed by atoms with van der Waals surface area (Å²) in [4.78, 5) is 41.2. The lowest BCUT2D eigenvalue weighted by Crippen LogP contribution is -2.30. The number of hydrogen-bond donors (Lipinski definition) is 3. The third-order valence-electron chi connectivity index (χ3n) is 7.07. The normalized spacial score (nSPS) is 11.6. The first kappa shape index (κ1) is 34.3. The van der Waals surface area contributed by atoms with Crippen LogP contribution in [-0.2, 0) is 9.59 Å². The fourth-order valence-electron chi connectivity index (χ4n) is 4.66. The van der Waals surface area contributed by atoms with Crippen LogP contribution in [0.5, 0.6) is 11.5 Å². The molecule has 10 heteroatoms. The Bertz CT molecular complexity index is 1920. The number of rotatable bonds is 12. The molecule has 0 aromatic heterocycles. The lowest BCUT2D eigenvalue weighted by Gasteiger charge is -2.18. The highest BCUT2D eigenvalue weighted by molar-refractivity contribution is 14.1. The van der Waals surface area contributed by atoms with Gasteiger partial charge in [-0.1, -0.05) is 54.6 Å². The van der Waals surface area contributed by atoms with E-state index in [0.29, 0.717) is 34.0 Å². The molecule has 0 aliphatic rings. The molecule has 0 aliphatic carbocycles. The second-order valence-corrected chi connectivity index (χ2v) is 12.8. The molecular weight excluding hydrogens is 737 g/mol. The Kier molecular flexibility index (Phi) is 11.9. The number of amides is 3. The molecule has 1 atom stereocenters. The Morgan fingerprint density at radius 2 is 1.44 bits per heavy atom. The van der Waals surface area contributed by atoms with Crippen LogP contribution in [0.25, 0.3) is 6.08 Å². The molecule has 0 spiro atoms. The third kappa shape index (κ3) is 9.26. The summed E-state index contributed by atoms with van der Waals surface area (Å²) in [6.45, 7) is 0. The number of anilines is 2. The van der Waals surface area contributed by atoms with Gasteiger partial charge in [-0.05, 0) is 101 Å². The molecule has 0 bridgehead atoms. The molecule has 0 fully saturated rings. The first-order valence-corrected chi connectivity index (χ1v) is 16.8. The lowest BCUT2D eigenvalue weighted by atomic mass is 10.1. The summed E-state index contributed by atoms with van der Waals surface area (Å²) in [7, 11) is 3.06. The van der Waals surface area contributed by atoms with Crippen LogP contribution < -0.4 is 25.4 Å². The van der Waals surface area contributed by atoms with Gasteiger partial charge in [-0.2, -0.15) is 0 Å². The first-order valence-electron chi connectivity index (χ1n) is 14.8. The summed E-state index contributed by atoms with van der Waals surface area (Å²) in [5, 5.41) is 8.11. The van der Waals surface area contributed by atoms with Crippen molar-refractivity contribution < 1.29 is 23.9 Å². The molecule has 0 aliphatic heterocycles. The molecule has 5 rings (SSSR count). The van der Waals surface area contributed by atoms with Gasteiger partial charge in [0.15, 0.2) is 0 Å². The van der Waals surface area contributed by atoms with Gasteiger partial charge in [0.2, 0.25) is 5.91 Å². The highest BCUT2D eigenvalue weighted by Crippen LogP contribution is 2.37. The van der Waals surface area contributed by atoms with E-state index in [1.165, 1.54) is 18.9 Å². The highest BCUT2D eigenvalue weighted by atomic mass is 127. The van der Waals surface area contributed by atoms with Crippen LogP contribution in [0.1, 0.15) is 26.7 Å². The molecule has 0 saturated carbocycles. The predicted molar refractivity (Wildman–Crippen MR) is 199 cm³/mol. The van der Waals surface area contributed by atoms with E-state index in [9.17, 15) is 14.4 Å². The minimum absolute atomic E-state index is 0.00411. The zero-order valence-electron chi connectivity index (χ0n) is 26.1. The molecule has 242 valence electrons. The largest absolute Gasteiger partial charge is 0.497 e. The van der Waals surface area contributed by atoms with Crippen molar-refractivity contribution in [3.8, 4) is 11.5 Å². The van der Waals surface area contributed by atoms with Crippen molar-refractivity contribution in [3.63, 3.8) is 0 Å². The van der Waals surface area contributed by atoms with Crippen molar-refractivity contribution in [3.05, 3.63) is 153 Å². The molecule has 1 unspecified atom stereocenters. The number of carbonyl (C=O) groups is 3. The van der Waals surface area contributed by atoms with Crippen molar-refractivity contribution in [1.82, 2.24) is 5.32 Å². The number of benzene rings is 5. The minimum atomic E-state index is -0.570. The molecular formula is C38H32IN3O5S. The number of nitrogens with one attached hydrogen (secondary N) is 3. The first-order chi connectivity index (χ1) is 23.3. The van der Waals surface area contributed by atoms with Gasteiger partial charge in [-0.3, -0.25) is 14.4 Å². The van der Waals surface area contributed by atoms with E-state index in [1.807, 2.05) is 66.7 Å². The summed E-state index contributed by atoms with van der Waals surface area (Å²) in [5.41, 5.74) is 2.98. The van der Waals surface area contributed by atoms with Gasteiger partial charge >= 0.3 is 0 Å². The Balaban J connectivity index is 1.40. The van der Waals surface area contributed by atoms with Crippen LogP contribution in [0.15, 0.2) is 138 Å². The molecule has 5 aromatic rings. The second kappa shape index (κ2) is 16.7. The topological polar surface area (TPSA) is 106 Å². The van der Waals surface area contributed by atoms with Crippen molar-refractivity contribution in [2.75, 3.05) is 24.9 Å². The smallest absolute Gasteiger partial charge is 0.272 e.